The molecule has 0 fully saturated rings. The van der Waals surface area contributed by atoms with Crippen LogP contribution in [0, 0.1) is 0 Å². The summed E-state index contributed by atoms with van der Waals surface area (Å²) in [6, 6.07) is 0. The molecule has 5 nitrogen and oxygen atoms in total. The fourth-order valence-corrected chi connectivity index (χ4v) is 1.44. The van der Waals surface area contributed by atoms with Crippen LogP contribution in [0.3, 0.4) is 0 Å². The minimum absolute atomic E-state index is 0.0274. The molecule has 2 amide bonds. The Morgan fingerprint density at radius 2 is 1.82 bits per heavy atom. The average Bonchev–Trinajstić information content (AvgIpc) is 2.28. The van der Waals surface area contributed by atoms with Gasteiger partial charge in [-0.15, -0.1) is 0 Å². The summed E-state index contributed by atoms with van der Waals surface area (Å²) in [4.78, 5) is 26.6. The Morgan fingerprint density at radius 3 is 2.29 bits per heavy atom. The number of carbonyl (C=O) groups is 2. The van der Waals surface area contributed by atoms with E-state index < -0.39 is 0 Å². The fraction of sp³-hybridized carbons (Fsp3) is 0.833. The molecule has 0 rings (SSSR count). The molecule has 0 aliphatic rings. The number of hydrogen-bond acceptors (Lipinski definition) is 3. The summed E-state index contributed by atoms with van der Waals surface area (Å²) < 4.78 is 0. The van der Waals surface area contributed by atoms with Gasteiger partial charge in [-0.3, -0.25) is 9.59 Å². The second-order valence-corrected chi connectivity index (χ2v) is 4.31. The Balaban J connectivity index is 4.20. The van der Waals surface area contributed by atoms with Gasteiger partial charge in [-0.1, -0.05) is 6.92 Å². The molecule has 0 bridgehead atoms. The third kappa shape index (κ3) is 6.94. The van der Waals surface area contributed by atoms with Gasteiger partial charge in [-0.05, 0) is 26.4 Å². The first-order valence-corrected chi connectivity index (χ1v) is 6.15. The van der Waals surface area contributed by atoms with E-state index >= 15 is 0 Å². The maximum absolute atomic E-state index is 11.9. The highest BCUT2D eigenvalue weighted by Crippen LogP contribution is 2.00. The highest BCUT2D eigenvalue weighted by molar-refractivity contribution is 5.84. The zero-order valence-electron chi connectivity index (χ0n) is 11.5. The first kappa shape index (κ1) is 15.9. The van der Waals surface area contributed by atoms with E-state index in [0.717, 1.165) is 19.4 Å². The molecule has 0 heterocycles. The normalized spacial score (nSPS) is 10.1. The maximum Gasteiger partial charge on any atom is 0.241 e. The molecule has 0 saturated carbocycles. The number of hydrogen-bond donors (Lipinski definition) is 1. The summed E-state index contributed by atoms with van der Waals surface area (Å²) in [5.41, 5.74) is 0. The third-order valence-corrected chi connectivity index (χ3v) is 2.49. The Morgan fingerprint density at radius 1 is 1.18 bits per heavy atom. The summed E-state index contributed by atoms with van der Waals surface area (Å²) in [5.74, 6) is 0.0396. The molecule has 1 N–H and O–H groups in total. The number of likely N-dealkylation sites (N-methyl/N-ethyl adjacent to an activating group) is 1. The van der Waals surface area contributed by atoms with Crippen molar-refractivity contribution in [2.45, 2.75) is 26.2 Å². The monoisotopic (exact) mass is 243 g/mol. The number of nitrogens with zero attached hydrogens (tertiary/aromatic N) is 2. The molecular weight excluding hydrogens is 218 g/mol. The van der Waals surface area contributed by atoms with E-state index in [9.17, 15) is 9.59 Å². The molecule has 0 aromatic rings. The standard InChI is InChI=1S/C12H25N3O2/c1-5-9-15(10-12(17)14(3)4)11(16)7-6-8-13-2/h13H,5-10H2,1-4H3. The minimum atomic E-state index is -0.0274. The van der Waals surface area contributed by atoms with Crippen LogP contribution in [0.1, 0.15) is 26.2 Å². The number of nitrogens with one attached hydrogen (secondary N) is 1. The van der Waals surface area contributed by atoms with Crippen molar-refractivity contribution in [3.8, 4) is 0 Å². The van der Waals surface area contributed by atoms with Gasteiger partial charge in [-0.25, -0.2) is 0 Å². The summed E-state index contributed by atoms with van der Waals surface area (Å²) in [5, 5.41) is 3.01. The second-order valence-electron chi connectivity index (χ2n) is 4.31. The van der Waals surface area contributed by atoms with Crippen molar-refractivity contribution in [1.82, 2.24) is 15.1 Å². The van der Waals surface area contributed by atoms with Crippen LogP contribution in [0.25, 0.3) is 0 Å². The molecule has 0 unspecified atom stereocenters. The predicted octanol–water partition coefficient (Wildman–Crippen LogP) is 0.313. The molecular formula is C12H25N3O2. The van der Waals surface area contributed by atoms with Crippen LogP contribution < -0.4 is 5.32 Å². The molecule has 100 valence electrons. The molecule has 0 aliphatic carbocycles. The number of amides is 2. The molecule has 0 saturated heterocycles. The summed E-state index contributed by atoms with van der Waals surface area (Å²) in [6.45, 7) is 3.68. The van der Waals surface area contributed by atoms with Crippen molar-refractivity contribution >= 4 is 11.8 Å². The van der Waals surface area contributed by atoms with Gasteiger partial charge in [0.2, 0.25) is 11.8 Å². The summed E-state index contributed by atoms with van der Waals surface area (Å²) >= 11 is 0. The first-order chi connectivity index (χ1) is 8.02. The molecule has 0 radical (unpaired) electrons. The van der Waals surface area contributed by atoms with Crippen LogP contribution in [0.2, 0.25) is 0 Å². The van der Waals surface area contributed by atoms with Crippen molar-refractivity contribution < 1.29 is 9.59 Å². The zero-order chi connectivity index (χ0) is 13.3. The Hall–Kier alpha value is -1.10. The van der Waals surface area contributed by atoms with Gasteiger partial charge in [0, 0.05) is 27.1 Å². The lowest BCUT2D eigenvalue weighted by Gasteiger charge is -2.23. The van der Waals surface area contributed by atoms with Gasteiger partial charge in [0.05, 0.1) is 6.54 Å². The van der Waals surface area contributed by atoms with E-state index in [2.05, 4.69) is 5.32 Å². The van der Waals surface area contributed by atoms with E-state index in [1.165, 1.54) is 4.90 Å². The van der Waals surface area contributed by atoms with Crippen LogP contribution in [0.15, 0.2) is 0 Å². The predicted molar refractivity (Wildman–Crippen MR) is 68.7 cm³/mol. The smallest absolute Gasteiger partial charge is 0.241 e. The Labute approximate surface area is 104 Å². The van der Waals surface area contributed by atoms with Gasteiger partial charge < -0.3 is 15.1 Å². The van der Waals surface area contributed by atoms with Crippen molar-refractivity contribution in [1.29, 1.82) is 0 Å². The zero-order valence-corrected chi connectivity index (χ0v) is 11.5. The quantitative estimate of drug-likeness (QED) is 0.624. The highest BCUT2D eigenvalue weighted by atomic mass is 16.2. The van der Waals surface area contributed by atoms with Crippen LogP contribution in [0.4, 0.5) is 0 Å². The summed E-state index contributed by atoms with van der Waals surface area (Å²) in [6.07, 6.45) is 2.19. The topological polar surface area (TPSA) is 52.7 Å². The number of carbonyl (C=O) groups excluding carboxylic acids is 2. The van der Waals surface area contributed by atoms with Crippen LogP contribution in [0.5, 0.6) is 0 Å². The van der Waals surface area contributed by atoms with Crippen LogP contribution >= 0.6 is 0 Å². The Bertz CT molecular complexity index is 242. The SMILES string of the molecule is CCCN(CC(=O)N(C)C)C(=O)CCCNC. The lowest BCUT2D eigenvalue weighted by atomic mass is 10.2. The van der Waals surface area contributed by atoms with Crippen molar-refractivity contribution in [2.75, 3.05) is 40.8 Å². The third-order valence-electron chi connectivity index (χ3n) is 2.49. The van der Waals surface area contributed by atoms with Gasteiger partial charge in [0.15, 0.2) is 0 Å². The molecule has 0 aromatic carbocycles. The largest absolute Gasteiger partial charge is 0.347 e. The van der Waals surface area contributed by atoms with E-state index in [-0.39, 0.29) is 18.4 Å². The lowest BCUT2D eigenvalue weighted by Crippen LogP contribution is -2.40. The molecule has 0 aliphatic heterocycles. The van der Waals surface area contributed by atoms with Gasteiger partial charge >= 0.3 is 0 Å². The van der Waals surface area contributed by atoms with E-state index in [0.29, 0.717) is 13.0 Å². The maximum atomic E-state index is 11.9. The van der Waals surface area contributed by atoms with Crippen LogP contribution in [-0.4, -0.2) is 62.4 Å². The molecule has 17 heavy (non-hydrogen) atoms. The lowest BCUT2D eigenvalue weighted by molar-refractivity contribution is -0.139. The van der Waals surface area contributed by atoms with Gasteiger partial charge in [-0.2, -0.15) is 0 Å². The minimum Gasteiger partial charge on any atom is -0.347 e. The average molecular weight is 243 g/mol. The highest BCUT2D eigenvalue weighted by Gasteiger charge is 2.16. The van der Waals surface area contributed by atoms with Crippen molar-refractivity contribution in [3.63, 3.8) is 0 Å². The van der Waals surface area contributed by atoms with Crippen molar-refractivity contribution in [3.05, 3.63) is 0 Å². The van der Waals surface area contributed by atoms with Gasteiger partial charge in [0.1, 0.15) is 0 Å². The first-order valence-electron chi connectivity index (χ1n) is 6.15. The molecule has 0 spiro atoms. The molecule has 5 heteroatoms. The molecule has 0 atom stereocenters. The molecule has 0 aromatic heterocycles. The van der Waals surface area contributed by atoms with Gasteiger partial charge in [0.25, 0.3) is 0 Å². The summed E-state index contributed by atoms with van der Waals surface area (Å²) in [7, 11) is 5.28. The fourth-order valence-electron chi connectivity index (χ4n) is 1.44. The second kappa shape index (κ2) is 8.98. The van der Waals surface area contributed by atoms with Crippen LogP contribution in [-0.2, 0) is 9.59 Å². The van der Waals surface area contributed by atoms with E-state index in [4.69, 9.17) is 0 Å². The van der Waals surface area contributed by atoms with E-state index in [1.54, 1.807) is 19.0 Å². The van der Waals surface area contributed by atoms with E-state index in [1.807, 2.05) is 14.0 Å². The number of rotatable bonds is 8. The Kier molecular flexibility index (Phi) is 8.40. The van der Waals surface area contributed by atoms with Crippen molar-refractivity contribution in [2.24, 2.45) is 0 Å².